The van der Waals surface area contributed by atoms with Gasteiger partial charge >= 0.3 is 0 Å². The van der Waals surface area contributed by atoms with Gasteiger partial charge in [-0.15, -0.1) is 0 Å². The number of aromatic nitrogens is 2. The van der Waals surface area contributed by atoms with Crippen LogP contribution >= 0.6 is 0 Å². The summed E-state index contributed by atoms with van der Waals surface area (Å²) in [5.41, 5.74) is 0.836. The lowest BCUT2D eigenvalue weighted by molar-refractivity contribution is 0.0991. The van der Waals surface area contributed by atoms with Gasteiger partial charge in [0.15, 0.2) is 5.78 Å². The van der Waals surface area contributed by atoms with Gasteiger partial charge < -0.3 is 0 Å². The fraction of sp³-hybridized carbons (Fsp3) is 0.0833. The number of nitrogens with zero attached hydrogens (tertiary/aromatic N) is 2. The van der Waals surface area contributed by atoms with E-state index in [4.69, 9.17) is 0 Å². The number of hydrogen-bond donors (Lipinski definition) is 0. The number of hydrogen-bond acceptors (Lipinski definition) is 3. The SMILES string of the molecule is O=C(Cc1ccncc1F)c1cccnc1. The van der Waals surface area contributed by atoms with Crippen molar-refractivity contribution in [2.75, 3.05) is 0 Å². The van der Waals surface area contributed by atoms with Crippen LogP contribution in [0.5, 0.6) is 0 Å². The van der Waals surface area contributed by atoms with E-state index in [1.165, 1.54) is 18.5 Å². The molecule has 0 unspecified atom stereocenters. The molecule has 80 valence electrons. The summed E-state index contributed by atoms with van der Waals surface area (Å²) < 4.78 is 13.2. The lowest BCUT2D eigenvalue weighted by atomic mass is 10.1. The van der Waals surface area contributed by atoms with Crippen molar-refractivity contribution in [2.45, 2.75) is 6.42 Å². The molecule has 3 nitrogen and oxygen atoms in total. The third-order valence-electron chi connectivity index (χ3n) is 2.19. The Labute approximate surface area is 92.0 Å². The molecule has 0 N–H and O–H groups in total. The number of carbonyl (C=O) groups is 1. The van der Waals surface area contributed by atoms with Crippen molar-refractivity contribution in [3.8, 4) is 0 Å². The van der Waals surface area contributed by atoms with Crippen LogP contribution in [0.3, 0.4) is 0 Å². The molecule has 0 bridgehead atoms. The number of ketones is 1. The van der Waals surface area contributed by atoms with Crippen LogP contribution in [0, 0.1) is 5.82 Å². The maximum absolute atomic E-state index is 13.2. The molecular weight excluding hydrogens is 207 g/mol. The van der Waals surface area contributed by atoms with E-state index in [0.29, 0.717) is 11.1 Å². The zero-order valence-corrected chi connectivity index (χ0v) is 8.43. The van der Waals surface area contributed by atoms with Crippen molar-refractivity contribution in [2.24, 2.45) is 0 Å². The molecule has 0 atom stereocenters. The van der Waals surface area contributed by atoms with Crippen LogP contribution in [0.1, 0.15) is 15.9 Å². The van der Waals surface area contributed by atoms with Gasteiger partial charge in [0.1, 0.15) is 5.82 Å². The predicted octanol–water partition coefficient (Wildman–Crippen LogP) is 2.04. The molecule has 2 aromatic rings. The Hall–Kier alpha value is -2.10. The Morgan fingerprint density at radius 2 is 2.00 bits per heavy atom. The molecule has 2 rings (SSSR count). The number of carbonyl (C=O) groups excluding carboxylic acids is 1. The number of rotatable bonds is 3. The van der Waals surface area contributed by atoms with Gasteiger partial charge in [-0.2, -0.15) is 0 Å². The molecular formula is C12H9FN2O. The largest absolute Gasteiger partial charge is 0.294 e. The first-order valence-corrected chi connectivity index (χ1v) is 4.79. The molecule has 0 amide bonds. The second-order valence-electron chi connectivity index (χ2n) is 3.31. The summed E-state index contributed by atoms with van der Waals surface area (Å²) in [6, 6.07) is 4.84. The van der Waals surface area contributed by atoms with Crippen LogP contribution in [-0.4, -0.2) is 15.8 Å². The van der Waals surface area contributed by atoms with Crippen molar-refractivity contribution in [3.63, 3.8) is 0 Å². The molecule has 0 fully saturated rings. The molecule has 0 saturated carbocycles. The topological polar surface area (TPSA) is 42.9 Å². The number of pyridine rings is 2. The number of halogens is 1. The smallest absolute Gasteiger partial charge is 0.168 e. The first-order chi connectivity index (χ1) is 7.77. The van der Waals surface area contributed by atoms with Crippen LogP contribution in [-0.2, 0) is 6.42 Å². The average molecular weight is 216 g/mol. The summed E-state index contributed by atoms with van der Waals surface area (Å²) in [6.45, 7) is 0. The van der Waals surface area contributed by atoms with Gasteiger partial charge in [-0.25, -0.2) is 4.39 Å². The molecule has 0 aliphatic carbocycles. The summed E-state index contributed by atoms with van der Waals surface area (Å²) >= 11 is 0. The van der Waals surface area contributed by atoms with Gasteiger partial charge in [-0.1, -0.05) is 0 Å². The Morgan fingerprint density at radius 3 is 2.69 bits per heavy atom. The van der Waals surface area contributed by atoms with Gasteiger partial charge in [-0.3, -0.25) is 14.8 Å². The van der Waals surface area contributed by atoms with Crippen LogP contribution in [0.4, 0.5) is 4.39 Å². The van der Waals surface area contributed by atoms with Gasteiger partial charge in [0.2, 0.25) is 0 Å². The van der Waals surface area contributed by atoms with Crippen molar-refractivity contribution >= 4 is 5.78 Å². The lowest BCUT2D eigenvalue weighted by Gasteiger charge is -2.01. The van der Waals surface area contributed by atoms with Crippen molar-refractivity contribution < 1.29 is 9.18 Å². The van der Waals surface area contributed by atoms with E-state index in [-0.39, 0.29) is 12.2 Å². The normalized spacial score (nSPS) is 10.1. The molecule has 0 aromatic carbocycles. The molecule has 0 aliphatic heterocycles. The summed E-state index contributed by atoms with van der Waals surface area (Å²) in [7, 11) is 0. The highest BCUT2D eigenvalue weighted by Gasteiger charge is 2.09. The zero-order chi connectivity index (χ0) is 11.4. The predicted molar refractivity (Wildman–Crippen MR) is 56.5 cm³/mol. The Morgan fingerprint density at radius 1 is 1.19 bits per heavy atom. The average Bonchev–Trinajstić information content (AvgIpc) is 2.33. The standard InChI is InChI=1S/C12H9FN2O/c13-11-8-15-5-3-9(11)6-12(16)10-2-1-4-14-7-10/h1-5,7-8H,6H2. The van der Waals surface area contributed by atoms with Crippen LogP contribution in [0.25, 0.3) is 0 Å². The minimum Gasteiger partial charge on any atom is -0.294 e. The molecule has 2 aromatic heterocycles. The summed E-state index contributed by atoms with van der Waals surface area (Å²) in [6.07, 6.45) is 5.66. The molecule has 0 aliphatic rings. The maximum Gasteiger partial charge on any atom is 0.168 e. The van der Waals surface area contributed by atoms with Crippen molar-refractivity contribution in [1.82, 2.24) is 9.97 Å². The summed E-state index contributed by atoms with van der Waals surface area (Å²) in [5, 5.41) is 0. The molecule has 0 saturated heterocycles. The Balaban J connectivity index is 2.18. The van der Waals surface area contributed by atoms with Gasteiger partial charge in [-0.05, 0) is 23.8 Å². The van der Waals surface area contributed by atoms with E-state index in [2.05, 4.69) is 9.97 Å². The van der Waals surface area contributed by atoms with Crippen LogP contribution < -0.4 is 0 Å². The Kier molecular flexibility index (Phi) is 3.00. The van der Waals surface area contributed by atoms with Crippen molar-refractivity contribution in [1.29, 1.82) is 0 Å². The molecule has 2 heterocycles. The molecule has 0 radical (unpaired) electrons. The molecule has 4 heteroatoms. The minimum atomic E-state index is -0.459. The first kappa shape index (κ1) is 10.4. The highest BCUT2D eigenvalue weighted by atomic mass is 19.1. The third kappa shape index (κ3) is 2.28. The van der Waals surface area contributed by atoms with Gasteiger partial charge in [0, 0.05) is 30.6 Å². The summed E-state index contributed by atoms with van der Waals surface area (Å²) in [5.74, 6) is -0.613. The van der Waals surface area contributed by atoms with Crippen molar-refractivity contribution in [3.05, 3.63) is 59.9 Å². The second-order valence-corrected chi connectivity index (χ2v) is 3.31. The Bertz CT molecular complexity index is 499. The first-order valence-electron chi connectivity index (χ1n) is 4.79. The van der Waals surface area contributed by atoms with E-state index < -0.39 is 5.82 Å². The summed E-state index contributed by atoms with van der Waals surface area (Å²) in [4.78, 5) is 19.2. The number of Topliss-reactive ketones (excluding diaryl/α,β-unsaturated/α-hetero) is 1. The minimum absolute atomic E-state index is 0.0278. The van der Waals surface area contributed by atoms with E-state index in [1.807, 2.05) is 0 Å². The van der Waals surface area contributed by atoms with E-state index in [1.54, 1.807) is 18.3 Å². The molecule has 16 heavy (non-hydrogen) atoms. The third-order valence-corrected chi connectivity index (χ3v) is 2.19. The van der Waals surface area contributed by atoms with Gasteiger partial charge in [0.05, 0.1) is 6.20 Å². The quantitative estimate of drug-likeness (QED) is 0.737. The highest BCUT2D eigenvalue weighted by molar-refractivity contribution is 5.97. The second kappa shape index (κ2) is 4.61. The van der Waals surface area contributed by atoms with E-state index >= 15 is 0 Å². The highest BCUT2D eigenvalue weighted by Crippen LogP contribution is 2.09. The fourth-order valence-electron chi connectivity index (χ4n) is 1.35. The lowest BCUT2D eigenvalue weighted by Crippen LogP contribution is -2.05. The van der Waals surface area contributed by atoms with E-state index in [9.17, 15) is 9.18 Å². The fourth-order valence-corrected chi connectivity index (χ4v) is 1.35. The van der Waals surface area contributed by atoms with Crippen LogP contribution in [0.2, 0.25) is 0 Å². The van der Waals surface area contributed by atoms with Crippen LogP contribution in [0.15, 0.2) is 43.0 Å². The maximum atomic E-state index is 13.2. The van der Waals surface area contributed by atoms with Gasteiger partial charge in [0.25, 0.3) is 0 Å². The zero-order valence-electron chi connectivity index (χ0n) is 8.43. The molecule has 0 spiro atoms. The van der Waals surface area contributed by atoms with E-state index in [0.717, 1.165) is 6.20 Å². The monoisotopic (exact) mass is 216 g/mol.